The molecule has 0 radical (unpaired) electrons. The SMILES string of the molecule is C=C(c1cc(C2=CCC=C(CN3CCN(C)CC3)C=C2)cnc1NC)c1oncc1-c1cccc(F)c1F. The molecule has 1 N–H and O–H groups in total. The number of benzene rings is 1. The molecule has 2 aliphatic rings. The number of piperazine rings is 1. The maximum Gasteiger partial charge on any atom is 0.174 e. The third-order valence-electron chi connectivity index (χ3n) is 7.07. The van der Waals surface area contributed by atoms with Gasteiger partial charge in [-0.05, 0) is 36.7 Å². The number of nitrogens with zero attached hydrogens (tertiary/aromatic N) is 4. The van der Waals surface area contributed by atoms with Crippen molar-refractivity contribution in [3.05, 3.63) is 102 Å². The molecule has 2 aromatic heterocycles. The highest BCUT2D eigenvalue weighted by molar-refractivity contribution is 5.89. The average Bonchev–Trinajstić information content (AvgIpc) is 3.30. The van der Waals surface area contributed by atoms with Crippen molar-refractivity contribution in [2.24, 2.45) is 0 Å². The molecule has 3 heterocycles. The molecule has 0 amide bonds. The highest BCUT2D eigenvalue weighted by atomic mass is 19.2. The summed E-state index contributed by atoms with van der Waals surface area (Å²) in [5.41, 5.74) is 4.80. The van der Waals surface area contributed by atoms with Crippen LogP contribution in [-0.4, -0.2) is 66.8 Å². The molecule has 5 rings (SSSR count). The van der Waals surface area contributed by atoms with Crippen LogP contribution in [0.25, 0.3) is 22.3 Å². The van der Waals surface area contributed by atoms with E-state index < -0.39 is 11.6 Å². The van der Waals surface area contributed by atoms with Crippen LogP contribution >= 0.6 is 0 Å². The van der Waals surface area contributed by atoms with E-state index in [-0.39, 0.29) is 11.3 Å². The van der Waals surface area contributed by atoms with Gasteiger partial charge in [0.25, 0.3) is 0 Å². The fourth-order valence-electron chi connectivity index (χ4n) is 4.80. The third-order valence-corrected chi connectivity index (χ3v) is 7.07. The summed E-state index contributed by atoms with van der Waals surface area (Å²) >= 11 is 0. The minimum Gasteiger partial charge on any atom is -0.373 e. The second kappa shape index (κ2) is 11.2. The van der Waals surface area contributed by atoms with E-state index in [2.05, 4.69) is 63.2 Å². The molecule has 0 saturated carbocycles. The lowest BCUT2D eigenvalue weighted by atomic mass is 9.96. The Labute approximate surface area is 221 Å². The number of anilines is 1. The smallest absolute Gasteiger partial charge is 0.174 e. The molecule has 0 bridgehead atoms. The second-order valence-electron chi connectivity index (χ2n) is 9.61. The van der Waals surface area contributed by atoms with E-state index in [0.717, 1.165) is 56.3 Å². The number of pyridine rings is 1. The molecule has 1 aliphatic carbocycles. The average molecular weight is 516 g/mol. The Morgan fingerprint density at radius 3 is 2.68 bits per heavy atom. The van der Waals surface area contributed by atoms with Gasteiger partial charge in [0.15, 0.2) is 17.4 Å². The third kappa shape index (κ3) is 5.37. The minimum absolute atomic E-state index is 0.0610. The number of halogens is 2. The summed E-state index contributed by atoms with van der Waals surface area (Å²) in [5, 5.41) is 6.95. The van der Waals surface area contributed by atoms with Crippen molar-refractivity contribution in [3.63, 3.8) is 0 Å². The maximum absolute atomic E-state index is 14.6. The predicted molar refractivity (Wildman–Crippen MR) is 148 cm³/mol. The summed E-state index contributed by atoms with van der Waals surface area (Å²) < 4.78 is 34.0. The van der Waals surface area contributed by atoms with Gasteiger partial charge in [0.05, 0.1) is 11.8 Å². The number of hydrogen-bond acceptors (Lipinski definition) is 6. The van der Waals surface area contributed by atoms with Crippen molar-refractivity contribution in [1.82, 2.24) is 19.9 Å². The standard InChI is InChI=1S/C30H31F2N5O/c1-20(29-26(18-35-38-29)24-8-5-9-27(31)28(24)32)25-16-23(17-34-30(25)33-2)22-7-4-6-21(10-11-22)19-37-14-12-36(3)13-15-37/h5-11,16-18H,1,4,12-15,19H2,2-3H3,(H,33,34). The van der Waals surface area contributed by atoms with Gasteiger partial charge in [0.1, 0.15) is 5.82 Å². The van der Waals surface area contributed by atoms with Gasteiger partial charge in [0, 0.05) is 68.2 Å². The summed E-state index contributed by atoms with van der Waals surface area (Å²) in [5.74, 6) is -1.05. The number of aromatic nitrogens is 2. The Kier molecular flexibility index (Phi) is 7.62. The van der Waals surface area contributed by atoms with Gasteiger partial charge in [0.2, 0.25) is 0 Å². The van der Waals surface area contributed by atoms with Crippen LogP contribution in [0, 0.1) is 11.6 Å². The summed E-state index contributed by atoms with van der Waals surface area (Å²) in [6.07, 6.45) is 12.8. The first-order valence-electron chi connectivity index (χ1n) is 12.7. The Morgan fingerprint density at radius 1 is 1.08 bits per heavy atom. The first kappa shape index (κ1) is 25.8. The fourth-order valence-corrected chi connectivity index (χ4v) is 4.80. The van der Waals surface area contributed by atoms with Crippen LogP contribution in [0.15, 0.2) is 77.6 Å². The van der Waals surface area contributed by atoms with E-state index in [9.17, 15) is 8.78 Å². The van der Waals surface area contributed by atoms with Gasteiger partial charge in [-0.3, -0.25) is 4.90 Å². The molecule has 6 nitrogen and oxygen atoms in total. The molecular formula is C30H31F2N5O. The molecule has 0 spiro atoms. The zero-order valence-electron chi connectivity index (χ0n) is 21.7. The van der Waals surface area contributed by atoms with Gasteiger partial charge in [-0.1, -0.05) is 48.2 Å². The number of hydrogen-bond donors (Lipinski definition) is 1. The minimum atomic E-state index is -0.959. The maximum atomic E-state index is 14.6. The zero-order valence-corrected chi connectivity index (χ0v) is 21.7. The normalized spacial score (nSPS) is 16.6. The Morgan fingerprint density at radius 2 is 1.89 bits per heavy atom. The molecule has 1 aromatic carbocycles. The molecule has 38 heavy (non-hydrogen) atoms. The van der Waals surface area contributed by atoms with Crippen LogP contribution in [0.4, 0.5) is 14.6 Å². The Hall–Kier alpha value is -3.88. The van der Waals surface area contributed by atoms with Gasteiger partial charge in [-0.25, -0.2) is 13.8 Å². The van der Waals surface area contributed by atoms with Gasteiger partial charge < -0.3 is 14.7 Å². The van der Waals surface area contributed by atoms with E-state index in [1.807, 2.05) is 12.3 Å². The molecule has 196 valence electrons. The number of rotatable bonds is 7. The van der Waals surface area contributed by atoms with Gasteiger partial charge >= 0.3 is 0 Å². The number of allylic oxidation sites excluding steroid dienone is 4. The van der Waals surface area contributed by atoms with Crippen LogP contribution < -0.4 is 5.32 Å². The van der Waals surface area contributed by atoms with Crippen molar-refractivity contribution in [2.75, 3.05) is 52.1 Å². The van der Waals surface area contributed by atoms with E-state index in [1.165, 1.54) is 23.9 Å². The molecule has 0 atom stereocenters. The zero-order chi connectivity index (χ0) is 26.6. The predicted octanol–water partition coefficient (Wildman–Crippen LogP) is 5.64. The molecule has 0 unspecified atom stereocenters. The Balaban J connectivity index is 1.40. The summed E-state index contributed by atoms with van der Waals surface area (Å²) in [7, 11) is 3.93. The van der Waals surface area contributed by atoms with E-state index in [0.29, 0.717) is 22.5 Å². The Bertz CT molecular complexity index is 1430. The van der Waals surface area contributed by atoms with Crippen LogP contribution in [0.1, 0.15) is 23.3 Å². The van der Waals surface area contributed by atoms with Gasteiger partial charge in [-0.2, -0.15) is 0 Å². The van der Waals surface area contributed by atoms with Gasteiger partial charge in [-0.15, -0.1) is 0 Å². The topological polar surface area (TPSA) is 57.4 Å². The number of nitrogens with one attached hydrogen (secondary N) is 1. The lowest BCUT2D eigenvalue weighted by molar-refractivity contribution is 0.164. The summed E-state index contributed by atoms with van der Waals surface area (Å²) in [4.78, 5) is 9.46. The van der Waals surface area contributed by atoms with Crippen LogP contribution in [0.2, 0.25) is 0 Å². The van der Waals surface area contributed by atoms with Crippen molar-refractivity contribution < 1.29 is 13.3 Å². The highest BCUT2D eigenvalue weighted by Crippen LogP contribution is 2.36. The number of likely N-dealkylation sites (N-methyl/N-ethyl adjacent to an activating group) is 1. The van der Waals surface area contributed by atoms with Crippen LogP contribution in [-0.2, 0) is 0 Å². The quantitative estimate of drug-likeness (QED) is 0.440. The molecule has 1 aliphatic heterocycles. The fraction of sp³-hybridized carbons (Fsp3) is 0.267. The molecule has 1 fully saturated rings. The summed E-state index contributed by atoms with van der Waals surface area (Å²) in [6, 6.07) is 6.00. The molecule has 8 heteroatoms. The lowest BCUT2D eigenvalue weighted by Gasteiger charge is -2.32. The van der Waals surface area contributed by atoms with Crippen LogP contribution in [0.3, 0.4) is 0 Å². The van der Waals surface area contributed by atoms with E-state index in [4.69, 9.17) is 4.52 Å². The van der Waals surface area contributed by atoms with Crippen molar-refractivity contribution in [3.8, 4) is 11.1 Å². The molecule has 3 aromatic rings. The summed E-state index contributed by atoms with van der Waals surface area (Å²) in [6.45, 7) is 9.49. The monoisotopic (exact) mass is 515 g/mol. The second-order valence-corrected chi connectivity index (χ2v) is 9.61. The van der Waals surface area contributed by atoms with Crippen LogP contribution in [0.5, 0.6) is 0 Å². The first-order chi connectivity index (χ1) is 18.4. The lowest BCUT2D eigenvalue weighted by Crippen LogP contribution is -2.44. The first-order valence-corrected chi connectivity index (χ1v) is 12.7. The van der Waals surface area contributed by atoms with Crippen molar-refractivity contribution in [2.45, 2.75) is 6.42 Å². The highest BCUT2D eigenvalue weighted by Gasteiger charge is 2.22. The van der Waals surface area contributed by atoms with E-state index >= 15 is 0 Å². The van der Waals surface area contributed by atoms with Crippen molar-refractivity contribution in [1.29, 1.82) is 0 Å². The van der Waals surface area contributed by atoms with Crippen molar-refractivity contribution >= 4 is 17.0 Å². The molecule has 1 saturated heterocycles. The largest absolute Gasteiger partial charge is 0.373 e. The molecular weight excluding hydrogens is 484 g/mol. The van der Waals surface area contributed by atoms with E-state index in [1.54, 1.807) is 7.05 Å².